The van der Waals surface area contributed by atoms with Gasteiger partial charge in [0.25, 0.3) is 0 Å². The fraction of sp³-hybridized carbons (Fsp3) is 0.438. The van der Waals surface area contributed by atoms with Crippen LogP contribution in [0, 0.1) is 0 Å². The second-order valence-corrected chi connectivity index (χ2v) is 6.13. The van der Waals surface area contributed by atoms with Crippen molar-refractivity contribution in [2.75, 3.05) is 26.3 Å². The first kappa shape index (κ1) is 15.9. The van der Waals surface area contributed by atoms with Crippen molar-refractivity contribution in [2.24, 2.45) is 0 Å². The van der Waals surface area contributed by atoms with E-state index in [1.165, 1.54) is 11.8 Å². The molecule has 0 N–H and O–H groups in total. The Bertz CT molecular complexity index is 482. The second-order valence-electron chi connectivity index (χ2n) is 5.01. The summed E-state index contributed by atoms with van der Waals surface area (Å²) in [6, 6.07) is 9.85. The Morgan fingerprint density at radius 2 is 1.95 bits per heavy atom. The number of carbonyl (C=O) groups is 1. The van der Waals surface area contributed by atoms with Crippen molar-refractivity contribution >= 4 is 17.7 Å². The Balaban J connectivity index is 2.12. The number of hydrogen-bond donors (Lipinski definition) is 0. The molecular formula is C16H21NO3S. The molecule has 0 aliphatic carbocycles. The Morgan fingerprint density at radius 3 is 2.57 bits per heavy atom. The summed E-state index contributed by atoms with van der Waals surface area (Å²) >= 11 is 1.44. The molecule has 2 rings (SSSR count). The summed E-state index contributed by atoms with van der Waals surface area (Å²) in [4.78, 5) is 16.0. The molecule has 0 radical (unpaired) electrons. The van der Waals surface area contributed by atoms with E-state index >= 15 is 0 Å². The van der Waals surface area contributed by atoms with Gasteiger partial charge < -0.3 is 14.4 Å². The van der Waals surface area contributed by atoms with Gasteiger partial charge in [-0.05, 0) is 26.0 Å². The van der Waals surface area contributed by atoms with Gasteiger partial charge in [-0.3, -0.25) is 0 Å². The van der Waals surface area contributed by atoms with E-state index in [2.05, 4.69) is 4.90 Å². The highest BCUT2D eigenvalue weighted by Gasteiger charge is 2.17. The topological polar surface area (TPSA) is 38.8 Å². The first-order chi connectivity index (χ1) is 10.1. The Kier molecular flexibility index (Phi) is 6.14. The van der Waals surface area contributed by atoms with Crippen molar-refractivity contribution in [3.63, 3.8) is 0 Å². The van der Waals surface area contributed by atoms with E-state index in [0.717, 1.165) is 18.0 Å². The lowest BCUT2D eigenvalue weighted by Crippen LogP contribution is -2.32. The van der Waals surface area contributed by atoms with Gasteiger partial charge >= 0.3 is 5.97 Å². The molecule has 4 nitrogen and oxygen atoms in total. The summed E-state index contributed by atoms with van der Waals surface area (Å²) < 4.78 is 10.7. The van der Waals surface area contributed by atoms with Crippen molar-refractivity contribution in [2.45, 2.75) is 24.8 Å². The lowest BCUT2D eigenvalue weighted by atomic mass is 10.4. The van der Waals surface area contributed by atoms with Crippen LogP contribution in [0.1, 0.15) is 13.8 Å². The van der Waals surface area contributed by atoms with Crippen LogP contribution in [-0.2, 0) is 14.3 Å². The summed E-state index contributed by atoms with van der Waals surface area (Å²) in [5.41, 5.74) is 0. The lowest BCUT2D eigenvalue weighted by molar-refractivity contribution is -0.141. The Labute approximate surface area is 130 Å². The summed E-state index contributed by atoms with van der Waals surface area (Å²) in [7, 11) is 0. The molecule has 114 valence electrons. The van der Waals surface area contributed by atoms with Crippen LogP contribution in [0.15, 0.2) is 46.3 Å². The summed E-state index contributed by atoms with van der Waals surface area (Å²) in [6.07, 6.45) is 1.77. The number of esters is 1. The third-order valence-electron chi connectivity index (χ3n) is 2.86. The van der Waals surface area contributed by atoms with E-state index in [9.17, 15) is 4.79 Å². The average molecular weight is 307 g/mol. The number of nitrogens with zero attached hydrogens (tertiary/aromatic N) is 1. The summed E-state index contributed by atoms with van der Waals surface area (Å²) in [5, 5.41) is 0. The molecule has 0 unspecified atom stereocenters. The molecule has 0 saturated carbocycles. The van der Waals surface area contributed by atoms with Crippen molar-refractivity contribution < 1.29 is 14.3 Å². The maximum Gasteiger partial charge on any atom is 0.346 e. The van der Waals surface area contributed by atoms with Gasteiger partial charge in [-0.1, -0.05) is 30.0 Å². The van der Waals surface area contributed by atoms with Gasteiger partial charge in [-0.25, -0.2) is 4.79 Å². The number of thioether (sulfide) groups is 1. The third kappa shape index (κ3) is 5.44. The molecule has 1 saturated heterocycles. The summed E-state index contributed by atoms with van der Waals surface area (Å²) in [5.74, 6) is -0.273. The SMILES string of the molecule is CC(C)OC(=O)C(=CN1CCOCC1)Sc1ccccc1. The standard InChI is InChI=1S/C16H21NO3S/c1-13(2)20-16(18)15(12-17-8-10-19-11-9-17)21-14-6-4-3-5-7-14/h3-7,12-13H,8-11H2,1-2H3. The molecule has 0 aromatic heterocycles. The largest absolute Gasteiger partial charge is 0.459 e. The molecule has 0 atom stereocenters. The van der Waals surface area contributed by atoms with Crippen molar-refractivity contribution in [3.05, 3.63) is 41.4 Å². The highest BCUT2D eigenvalue weighted by Crippen LogP contribution is 2.28. The van der Waals surface area contributed by atoms with E-state index in [4.69, 9.17) is 9.47 Å². The first-order valence-corrected chi connectivity index (χ1v) is 7.94. The lowest BCUT2D eigenvalue weighted by Gasteiger charge is -2.26. The van der Waals surface area contributed by atoms with Crippen LogP contribution in [0.4, 0.5) is 0 Å². The second kappa shape index (κ2) is 8.10. The minimum Gasteiger partial charge on any atom is -0.459 e. The van der Waals surface area contributed by atoms with Crippen molar-refractivity contribution in [1.29, 1.82) is 0 Å². The third-order valence-corrected chi connectivity index (χ3v) is 3.86. The fourth-order valence-electron chi connectivity index (χ4n) is 1.88. The van der Waals surface area contributed by atoms with Crippen LogP contribution in [0.5, 0.6) is 0 Å². The molecule has 0 spiro atoms. The zero-order chi connectivity index (χ0) is 15.1. The van der Waals surface area contributed by atoms with E-state index in [0.29, 0.717) is 18.1 Å². The smallest absolute Gasteiger partial charge is 0.346 e. The minimum atomic E-state index is -0.273. The van der Waals surface area contributed by atoms with Gasteiger partial charge in [-0.15, -0.1) is 0 Å². The average Bonchev–Trinajstić information content (AvgIpc) is 2.48. The molecule has 1 heterocycles. The van der Waals surface area contributed by atoms with Crippen LogP contribution >= 0.6 is 11.8 Å². The number of carbonyl (C=O) groups excluding carboxylic acids is 1. The molecule has 1 aromatic carbocycles. The van der Waals surface area contributed by atoms with Crippen molar-refractivity contribution in [1.82, 2.24) is 4.90 Å². The molecule has 0 amide bonds. The predicted octanol–water partition coefficient (Wildman–Crippen LogP) is 2.90. The van der Waals surface area contributed by atoms with Gasteiger partial charge in [0.15, 0.2) is 0 Å². The molecule has 5 heteroatoms. The number of benzene rings is 1. The number of rotatable bonds is 5. The fourth-order valence-corrected chi connectivity index (χ4v) is 2.76. The zero-order valence-electron chi connectivity index (χ0n) is 12.5. The van der Waals surface area contributed by atoms with Crippen molar-refractivity contribution in [3.8, 4) is 0 Å². The Hall–Kier alpha value is -1.46. The number of hydrogen-bond acceptors (Lipinski definition) is 5. The maximum atomic E-state index is 12.3. The van der Waals surface area contributed by atoms with Crippen LogP contribution < -0.4 is 0 Å². The van der Waals surface area contributed by atoms with E-state index in [1.54, 1.807) is 0 Å². The molecule has 1 aromatic rings. The van der Waals surface area contributed by atoms with Crippen LogP contribution in [-0.4, -0.2) is 43.3 Å². The predicted molar refractivity (Wildman–Crippen MR) is 84.0 cm³/mol. The number of morpholine rings is 1. The van der Waals surface area contributed by atoms with E-state index < -0.39 is 0 Å². The van der Waals surface area contributed by atoms with E-state index in [1.807, 2.05) is 50.4 Å². The van der Waals surface area contributed by atoms with Gasteiger partial charge in [0.2, 0.25) is 0 Å². The molecular weight excluding hydrogens is 286 g/mol. The van der Waals surface area contributed by atoms with Gasteiger partial charge in [0.05, 0.1) is 19.3 Å². The normalized spacial score (nSPS) is 16.1. The molecule has 1 aliphatic rings. The van der Waals surface area contributed by atoms with Crippen LogP contribution in [0.3, 0.4) is 0 Å². The quantitative estimate of drug-likeness (QED) is 0.475. The minimum absolute atomic E-state index is 0.123. The maximum absolute atomic E-state index is 12.3. The van der Waals surface area contributed by atoms with Gasteiger partial charge in [-0.2, -0.15) is 0 Å². The van der Waals surface area contributed by atoms with Crippen LogP contribution in [0.25, 0.3) is 0 Å². The summed E-state index contributed by atoms with van der Waals surface area (Å²) in [6.45, 7) is 6.70. The Morgan fingerprint density at radius 1 is 1.29 bits per heavy atom. The van der Waals surface area contributed by atoms with Gasteiger partial charge in [0.1, 0.15) is 4.91 Å². The van der Waals surface area contributed by atoms with Gasteiger partial charge in [0, 0.05) is 24.2 Å². The van der Waals surface area contributed by atoms with E-state index in [-0.39, 0.29) is 12.1 Å². The zero-order valence-corrected chi connectivity index (χ0v) is 13.3. The monoisotopic (exact) mass is 307 g/mol. The molecule has 1 aliphatic heterocycles. The first-order valence-electron chi connectivity index (χ1n) is 7.12. The highest BCUT2D eigenvalue weighted by atomic mass is 32.2. The molecule has 0 bridgehead atoms. The number of ether oxygens (including phenoxy) is 2. The highest BCUT2D eigenvalue weighted by molar-refractivity contribution is 8.04. The molecule has 1 fully saturated rings. The molecule has 21 heavy (non-hydrogen) atoms. The van der Waals surface area contributed by atoms with Crippen LogP contribution in [0.2, 0.25) is 0 Å².